The molecule has 1 aliphatic carbocycles. The molecule has 0 aromatic rings. The molecule has 2 aliphatic rings. The van der Waals surface area contributed by atoms with Crippen molar-refractivity contribution in [3.8, 4) is 0 Å². The van der Waals surface area contributed by atoms with Gasteiger partial charge in [-0.25, -0.2) is 0 Å². The molecule has 5 nitrogen and oxygen atoms in total. The zero-order valence-electron chi connectivity index (χ0n) is 11.4. The van der Waals surface area contributed by atoms with E-state index in [4.69, 9.17) is 15.7 Å². The minimum Gasteiger partial charge on any atom is -0.409 e. The lowest BCUT2D eigenvalue weighted by atomic mass is 9.73. The maximum absolute atomic E-state index is 8.74. The lowest BCUT2D eigenvalue weighted by Crippen LogP contribution is -2.55. The zero-order valence-corrected chi connectivity index (χ0v) is 11.4. The first-order valence-corrected chi connectivity index (χ1v) is 6.92. The SMILES string of the molecule is CC(C)N(CC(N)=NO)C1CCOC2(CCC2)C1. The molecule has 0 bridgehead atoms. The molecule has 2 rings (SSSR count). The van der Waals surface area contributed by atoms with Gasteiger partial charge in [0.05, 0.1) is 12.1 Å². The highest BCUT2D eigenvalue weighted by atomic mass is 16.5. The van der Waals surface area contributed by atoms with Gasteiger partial charge in [-0.05, 0) is 46.0 Å². The van der Waals surface area contributed by atoms with Crippen LogP contribution in [0, 0.1) is 0 Å². The number of ether oxygens (including phenoxy) is 1. The van der Waals surface area contributed by atoms with Crippen molar-refractivity contribution in [2.75, 3.05) is 13.2 Å². The third-order valence-corrected chi connectivity index (χ3v) is 4.34. The lowest BCUT2D eigenvalue weighted by molar-refractivity contribution is -0.149. The molecule has 1 heterocycles. The smallest absolute Gasteiger partial charge is 0.153 e. The van der Waals surface area contributed by atoms with Crippen molar-refractivity contribution < 1.29 is 9.94 Å². The van der Waals surface area contributed by atoms with E-state index in [9.17, 15) is 0 Å². The Hall–Kier alpha value is -0.810. The van der Waals surface area contributed by atoms with Gasteiger partial charge >= 0.3 is 0 Å². The molecular formula is C13H25N3O2. The van der Waals surface area contributed by atoms with Gasteiger partial charge in [0.15, 0.2) is 5.84 Å². The molecule has 1 atom stereocenters. The van der Waals surface area contributed by atoms with E-state index in [1.54, 1.807) is 0 Å². The zero-order chi connectivity index (χ0) is 13.2. The molecule has 0 aromatic heterocycles. The summed E-state index contributed by atoms with van der Waals surface area (Å²) < 4.78 is 5.96. The molecule has 18 heavy (non-hydrogen) atoms. The van der Waals surface area contributed by atoms with Gasteiger partial charge < -0.3 is 15.7 Å². The normalized spacial score (nSPS) is 27.8. The van der Waals surface area contributed by atoms with Crippen molar-refractivity contribution in [2.45, 2.75) is 63.6 Å². The van der Waals surface area contributed by atoms with Crippen LogP contribution in [0.15, 0.2) is 5.16 Å². The van der Waals surface area contributed by atoms with E-state index in [2.05, 4.69) is 23.9 Å². The molecule has 0 amide bonds. The van der Waals surface area contributed by atoms with Crippen molar-refractivity contribution in [1.29, 1.82) is 0 Å². The van der Waals surface area contributed by atoms with Gasteiger partial charge in [-0.3, -0.25) is 4.90 Å². The van der Waals surface area contributed by atoms with Crippen molar-refractivity contribution >= 4 is 5.84 Å². The summed E-state index contributed by atoms with van der Waals surface area (Å²) in [5.74, 6) is 0.290. The fourth-order valence-electron chi connectivity index (χ4n) is 3.16. The number of rotatable bonds is 4. The van der Waals surface area contributed by atoms with Gasteiger partial charge in [0.1, 0.15) is 0 Å². The monoisotopic (exact) mass is 255 g/mol. The molecule has 1 aliphatic heterocycles. The fraction of sp³-hybridized carbons (Fsp3) is 0.923. The Balaban J connectivity index is 2.01. The van der Waals surface area contributed by atoms with Crippen molar-refractivity contribution in [3.05, 3.63) is 0 Å². The molecular weight excluding hydrogens is 230 g/mol. The second kappa shape index (κ2) is 5.45. The van der Waals surface area contributed by atoms with Crippen LogP contribution in [0.2, 0.25) is 0 Å². The average molecular weight is 255 g/mol. The third-order valence-electron chi connectivity index (χ3n) is 4.34. The summed E-state index contributed by atoms with van der Waals surface area (Å²) in [5, 5.41) is 11.8. The molecule has 0 radical (unpaired) electrons. The largest absolute Gasteiger partial charge is 0.409 e. The molecule has 1 unspecified atom stereocenters. The Bertz CT molecular complexity index is 313. The molecule has 2 fully saturated rings. The first-order valence-electron chi connectivity index (χ1n) is 6.92. The summed E-state index contributed by atoms with van der Waals surface area (Å²) in [6, 6.07) is 0.880. The summed E-state index contributed by atoms with van der Waals surface area (Å²) in [6.07, 6.45) is 5.80. The van der Waals surface area contributed by atoms with E-state index in [1.165, 1.54) is 19.3 Å². The van der Waals surface area contributed by atoms with E-state index in [1.807, 2.05) is 0 Å². The van der Waals surface area contributed by atoms with Crippen LogP contribution >= 0.6 is 0 Å². The van der Waals surface area contributed by atoms with Crippen LogP contribution in [0.5, 0.6) is 0 Å². The van der Waals surface area contributed by atoms with Crippen LogP contribution < -0.4 is 5.73 Å². The predicted octanol–water partition coefficient (Wildman–Crippen LogP) is 1.54. The van der Waals surface area contributed by atoms with Gasteiger partial charge in [-0.2, -0.15) is 0 Å². The molecule has 104 valence electrons. The summed E-state index contributed by atoms with van der Waals surface area (Å²) in [6.45, 7) is 5.69. The van der Waals surface area contributed by atoms with Gasteiger partial charge in [0, 0.05) is 18.7 Å². The number of hydrogen-bond acceptors (Lipinski definition) is 4. The Labute approximate surface area is 109 Å². The first kappa shape index (κ1) is 13.6. The summed E-state index contributed by atoms with van der Waals surface area (Å²) in [4.78, 5) is 2.33. The van der Waals surface area contributed by atoms with Crippen LogP contribution in [0.25, 0.3) is 0 Å². The molecule has 1 saturated heterocycles. The Morgan fingerprint density at radius 2 is 2.28 bits per heavy atom. The van der Waals surface area contributed by atoms with Crippen molar-refractivity contribution in [1.82, 2.24) is 4.90 Å². The highest BCUT2D eigenvalue weighted by Crippen LogP contribution is 2.43. The second-order valence-corrected chi connectivity index (χ2v) is 5.89. The summed E-state index contributed by atoms with van der Waals surface area (Å²) in [5.41, 5.74) is 5.80. The summed E-state index contributed by atoms with van der Waals surface area (Å²) >= 11 is 0. The van der Waals surface area contributed by atoms with E-state index in [0.29, 0.717) is 18.6 Å². The standard InChI is InChI=1S/C13H25N3O2/c1-10(2)16(9-12(14)15-17)11-4-7-18-13(8-11)5-3-6-13/h10-11,17H,3-9H2,1-2H3,(H2,14,15). The van der Waals surface area contributed by atoms with E-state index >= 15 is 0 Å². The van der Waals surface area contributed by atoms with Crippen LogP contribution in [-0.4, -0.2) is 46.8 Å². The molecule has 1 saturated carbocycles. The third kappa shape index (κ3) is 2.78. The highest BCUT2D eigenvalue weighted by Gasteiger charge is 2.44. The van der Waals surface area contributed by atoms with Gasteiger partial charge in [0.2, 0.25) is 0 Å². The predicted molar refractivity (Wildman–Crippen MR) is 70.8 cm³/mol. The molecule has 3 N–H and O–H groups in total. The van der Waals surface area contributed by atoms with Crippen molar-refractivity contribution in [2.24, 2.45) is 10.9 Å². The minimum atomic E-state index is 0.140. The van der Waals surface area contributed by atoms with Crippen LogP contribution in [0.3, 0.4) is 0 Å². The second-order valence-electron chi connectivity index (χ2n) is 5.89. The average Bonchev–Trinajstić information content (AvgIpc) is 2.33. The first-order chi connectivity index (χ1) is 8.56. The number of nitrogens with zero attached hydrogens (tertiary/aromatic N) is 2. The van der Waals surface area contributed by atoms with Crippen molar-refractivity contribution in [3.63, 3.8) is 0 Å². The molecule has 5 heteroatoms. The number of amidine groups is 1. The highest BCUT2D eigenvalue weighted by molar-refractivity contribution is 5.81. The van der Waals surface area contributed by atoms with Crippen LogP contribution in [0.4, 0.5) is 0 Å². The lowest BCUT2D eigenvalue weighted by Gasteiger charge is -2.50. The maximum Gasteiger partial charge on any atom is 0.153 e. The topological polar surface area (TPSA) is 71.1 Å². The maximum atomic E-state index is 8.74. The summed E-state index contributed by atoms with van der Waals surface area (Å²) in [7, 11) is 0. The number of hydrogen-bond donors (Lipinski definition) is 2. The van der Waals surface area contributed by atoms with Crippen LogP contribution in [0.1, 0.15) is 46.0 Å². The van der Waals surface area contributed by atoms with E-state index < -0.39 is 0 Å². The number of oxime groups is 1. The molecule has 1 spiro atoms. The minimum absolute atomic E-state index is 0.140. The Morgan fingerprint density at radius 1 is 1.56 bits per heavy atom. The van der Waals surface area contributed by atoms with Crippen LogP contribution in [-0.2, 0) is 4.74 Å². The molecule has 0 aromatic carbocycles. The van der Waals surface area contributed by atoms with Gasteiger partial charge in [0.25, 0.3) is 0 Å². The number of nitrogens with two attached hydrogens (primary N) is 1. The Morgan fingerprint density at radius 3 is 2.78 bits per heavy atom. The fourth-order valence-corrected chi connectivity index (χ4v) is 3.16. The van der Waals surface area contributed by atoms with E-state index in [0.717, 1.165) is 19.4 Å². The van der Waals surface area contributed by atoms with Gasteiger partial charge in [-0.1, -0.05) is 5.16 Å². The quantitative estimate of drug-likeness (QED) is 0.346. The van der Waals surface area contributed by atoms with E-state index in [-0.39, 0.29) is 11.4 Å². The Kier molecular flexibility index (Phi) is 4.12. The van der Waals surface area contributed by atoms with Gasteiger partial charge in [-0.15, -0.1) is 0 Å².